The first-order valence-electron chi connectivity index (χ1n) is 5.32. The third-order valence-corrected chi connectivity index (χ3v) is 2.64. The first-order valence-corrected chi connectivity index (χ1v) is 5.32. The number of hydrogen-bond acceptors (Lipinski definition) is 3. The number of carbonyl (C=O) groups is 1. The van der Waals surface area contributed by atoms with E-state index in [1.165, 1.54) is 25.3 Å². The van der Waals surface area contributed by atoms with E-state index in [1.807, 2.05) is 0 Å². The monoisotopic (exact) mass is 244 g/mol. The molecule has 2 N–H and O–H groups in total. The zero-order valence-corrected chi connectivity index (χ0v) is 9.75. The number of rotatable bonds is 3. The van der Waals surface area contributed by atoms with Gasteiger partial charge in [-0.1, -0.05) is 12.1 Å². The summed E-state index contributed by atoms with van der Waals surface area (Å²) in [6.07, 6.45) is 0. The zero-order valence-electron chi connectivity index (χ0n) is 9.75. The molecule has 0 saturated heterocycles. The number of phenols is 1. The molecule has 0 unspecified atom stereocenters. The van der Waals surface area contributed by atoms with Gasteiger partial charge >= 0.3 is 5.97 Å². The van der Waals surface area contributed by atoms with Crippen LogP contribution in [0.3, 0.4) is 0 Å². The van der Waals surface area contributed by atoms with E-state index in [0.717, 1.165) is 5.56 Å². The molecule has 0 aliphatic rings. The van der Waals surface area contributed by atoms with Crippen LogP contribution in [-0.2, 0) is 0 Å². The molecule has 2 aromatic carbocycles. The molecule has 0 heterocycles. The normalized spacial score (nSPS) is 10.1. The van der Waals surface area contributed by atoms with E-state index < -0.39 is 5.97 Å². The topological polar surface area (TPSA) is 66.8 Å². The Morgan fingerprint density at radius 3 is 2.33 bits per heavy atom. The van der Waals surface area contributed by atoms with Gasteiger partial charge in [0.05, 0.1) is 12.7 Å². The van der Waals surface area contributed by atoms with Crippen LogP contribution in [0, 0.1) is 0 Å². The van der Waals surface area contributed by atoms with Gasteiger partial charge in [0.1, 0.15) is 11.5 Å². The molecule has 0 fully saturated rings. The maximum Gasteiger partial charge on any atom is 0.336 e. The molecule has 0 spiro atoms. The van der Waals surface area contributed by atoms with E-state index in [0.29, 0.717) is 11.3 Å². The number of benzene rings is 2. The fraction of sp³-hybridized carbons (Fsp3) is 0.0714. The van der Waals surface area contributed by atoms with Crippen LogP contribution < -0.4 is 4.74 Å². The van der Waals surface area contributed by atoms with E-state index in [2.05, 4.69) is 0 Å². The summed E-state index contributed by atoms with van der Waals surface area (Å²) in [5.74, 6) is -0.379. The summed E-state index contributed by atoms with van der Waals surface area (Å²) in [6, 6.07) is 11.2. The van der Waals surface area contributed by atoms with Crippen LogP contribution in [0.25, 0.3) is 11.1 Å². The minimum absolute atomic E-state index is 0.143. The largest absolute Gasteiger partial charge is 0.508 e. The van der Waals surface area contributed by atoms with Crippen molar-refractivity contribution in [2.45, 2.75) is 0 Å². The van der Waals surface area contributed by atoms with E-state index in [-0.39, 0.29) is 11.3 Å². The maximum atomic E-state index is 11.2. The third kappa shape index (κ3) is 2.27. The van der Waals surface area contributed by atoms with Crippen LogP contribution in [0.4, 0.5) is 0 Å². The standard InChI is InChI=1S/C14H12O4/c1-18-11-6-7-12(13(8-11)14(16)17)9-2-4-10(15)5-3-9/h2-8,15H,1H3,(H,16,17). The lowest BCUT2D eigenvalue weighted by Gasteiger charge is -2.08. The van der Waals surface area contributed by atoms with Gasteiger partial charge in [-0.3, -0.25) is 0 Å². The number of aromatic carboxylic acids is 1. The number of phenolic OH excluding ortho intramolecular Hbond substituents is 1. The van der Waals surface area contributed by atoms with Gasteiger partial charge in [0.25, 0.3) is 0 Å². The lowest BCUT2D eigenvalue weighted by molar-refractivity contribution is 0.0697. The SMILES string of the molecule is COc1ccc(-c2ccc(O)cc2)c(C(=O)O)c1. The summed E-state index contributed by atoms with van der Waals surface area (Å²) in [5, 5.41) is 18.4. The number of ether oxygens (including phenoxy) is 1. The average Bonchev–Trinajstić information content (AvgIpc) is 2.39. The van der Waals surface area contributed by atoms with Crippen LogP contribution in [0.1, 0.15) is 10.4 Å². The molecule has 0 aromatic heterocycles. The Hall–Kier alpha value is -2.49. The molecule has 0 amide bonds. The van der Waals surface area contributed by atoms with E-state index in [9.17, 15) is 15.0 Å². The second kappa shape index (κ2) is 4.79. The molecule has 18 heavy (non-hydrogen) atoms. The van der Waals surface area contributed by atoms with Crippen molar-refractivity contribution in [1.29, 1.82) is 0 Å². The van der Waals surface area contributed by atoms with Gasteiger partial charge in [-0.05, 0) is 41.5 Å². The predicted octanol–water partition coefficient (Wildman–Crippen LogP) is 2.77. The Morgan fingerprint density at radius 1 is 1.11 bits per heavy atom. The minimum atomic E-state index is -1.02. The molecule has 4 heteroatoms. The highest BCUT2D eigenvalue weighted by atomic mass is 16.5. The lowest BCUT2D eigenvalue weighted by Crippen LogP contribution is -2.00. The van der Waals surface area contributed by atoms with Gasteiger partial charge < -0.3 is 14.9 Å². The number of carboxylic acid groups (broad SMARTS) is 1. The van der Waals surface area contributed by atoms with Crippen molar-refractivity contribution in [2.75, 3.05) is 7.11 Å². The van der Waals surface area contributed by atoms with Crippen molar-refractivity contribution in [1.82, 2.24) is 0 Å². The van der Waals surface area contributed by atoms with Crippen LogP contribution >= 0.6 is 0 Å². The Labute approximate surface area is 104 Å². The molecule has 0 bridgehead atoms. The van der Waals surface area contributed by atoms with Crippen LogP contribution in [0.2, 0.25) is 0 Å². The molecule has 0 aliphatic heterocycles. The van der Waals surface area contributed by atoms with Gasteiger partial charge in [0.15, 0.2) is 0 Å². The Kier molecular flexibility index (Phi) is 3.19. The fourth-order valence-electron chi connectivity index (χ4n) is 1.72. The highest BCUT2D eigenvalue weighted by Crippen LogP contribution is 2.28. The van der Waals surface area contributed by atoms with E-state index >= 15 is 0 Å². The van der Waals surface area contributed by atoms with Gasteiger partial charge in [-0.25, -0.2) is 4.79 Å². The molecule has 0 radical (unpaired) electrons. The van der Waals surface area contributed by atoms with Gasteiger partial charge in [-0.2, -0.15) is 0 Å². The van der Waals surface area contributed by atoms with Crippen molar-refractivity contribution >= 4 is 5.97 Å². The molecule has 0 saturated carbocycles. The Bertz CT molecular complexity index is 573. The van der Waals surface area contributed by atoms with Crippen molar-refractivity contribution < 1.29 is 19.7 Å². The van der Waals surface area contributed by atoms with E-state index in [4.69, 9.17) is 4.74 Å². The minimum Gasteiger partial charge on any atom is -0.508 e. The molecule has 2 rings (SSSR count). The molecular formula is C14H12O4. The first-order chi connectivity index (χ1) is 8.61. The van der Waals surface area contributed by atoms with Crippen LogP contribution in [-0.4, -0.2) is 23.3 Å². The highest BCUT2D eigenvalue weighted by Gasteiger charge is 2.12. The molecule has 0 aliphatic carbocycles. The van der Waals surface area contributed by atoms with Crippen molar-refractivity contribution in [3.05, 3.63) is 48.0 Å². The van der Waals surface area contributed by atoms with Gasteiger partial charge in [0.2, 0.25) is 0 Å². The summed E-state index contributed by atoms with van der Waals surface area (Å²) in [4.78, 5) is 11.2. The molecule has 2 aromatic rings. The van der Waals surface area contributed by atoms with Crippen molar-refractivity contribution in [3.8, 4) is 22.6 Å². The fourth-order valence-corrected chi connectivity index (χ4v) is 1.72. The maximum absolute atomic E-state index is 11.2. The molecule has 4 nitrogen and oxygen atoms in total. The van der Waals surface area contributed by atoms with Gasteiger partial charge in [-0.15, -0.1) is 0 Å². The summed E-state index contributed by atoms with van der Waals surface area (Å²) >= 11 is 0. The molecule has 0 atom stereocenters. The molecular weight excluding hydrogens is 232 g/mol. The quantitative estimate of drug-likeness (QED) is 0.871. The zero-order chi connectivity index (χ0) is 13.1. The summed E-state index contributed by atoms with van der Waals surface area (Å²) < 4.78 is 5.01. The third-order valence-electron chi connectivity index (χ3n) is 2.64. The van der Waals surface area contributed by atoms with E-state index in [1.54, 1.807) is 24.3 Å². The predicted molar refractivity (Wildman–Crippen MR) is 67.1 cm³/mol. The average molecular weight is 244 g/mol. The smallest absolute Gasteiger partial charge is 0.336 e. The second-order valence-electron chi connectivity index (χ2n) is 3.76. The number of carboxylic acids is 1. The van der Waals surface area contributed by atoms with Crippen LogP contribution in [0.5, 0.6) is 11.5 Å². The Morgan fingerprint density at radius 2 is 1.78 bits per heavy atom. The van der Waals surface area contributed by atoms with Crippen molar-refractivity contribution in [2.24, 2.45) is 0 Å². The van der Waals surface area contributed by atoms with Crippen molar-refractivity contribution in [3.63, 3.8) is 0 Å². The highest BCUT2D eigenvalue weighted by molar-refractivity contribution is 5.96. The number of hydrogen-bond donors (Lipinski definition) is 2. The van der Waals surface area contributed by atoms with Crippen LogP contribution in [0.15, 0.2) is 42.5 Å². The number of aromatic hydroxyl groups is 1. The summed E-state index contributed by atoms with van der Waals surface area (Å²) in [7, 11) is 1.49. The summed E-state index contributed by atoms with van der Waals surface area (Å²) in [5.41, 5.74) is 1.48. The molecule has 92 valence electrons. The Balaban J connectivity index is 2.56. The number of methoxy groups -OCH3 is 1. The van der Waals surface area contributed by atoms with Gasteiger partial charge in [0, 0.05) is 0 Å². The second-order valence-corrected chi connectivity index (χ2v) is 3.76. The first kappa shape index (κ1) is 12.0. The lowest BCUT2D eigenvalue weighted by atomic mass is 9.99. The summed E-state index contributed by atoms with van der Waals surface area (Å²) in [6.45, 7) is 0.